The number of aromatic nitrogens is 2. The van der Waals surface area contributed by atoms with Gasteiger partial charge in [0.15, 0.2) is 23.9 Å². The minimum Gasteiger partial charge on any atom is -0.481 e. The van der Waals surface area contributed by atoms with Gasteiger partial charge in [-0.15, -0.1) is 0 Å². The third-order valence-corrected chi connectivity index (χ3v) is 3.52. The Balaban J connectivity index is 1.75. The number of primary amides is 1. The van der Waals surface area contributed by atoms with Crippen molar-refractivity contribution in [2.45, 2.75) is 6.61 Å². The highest BCUT2D eigenvalue weighted by molar-refractivity contribution is 5.93. The zero-order valence-electron chi connectivity index (χ0n) is 14.1. The summed E-state index contributed by atoms with van der Waals surface area (Å²) < 4.78 is 37.9. The normalized spacial score (nSPS) is 10.8. The monoisotopic (exact) mass is 377 g/mol. The molecule has 1 heterocycles. The predicted molar refractivity (Wildman–Crippen MR) is 87.5 cm³/mol. The smallest absolute Gasteiger partial charge is 0.264 e. The highest BCUT2D eigenvalue weighted by atomic mass is 19.1. The van der Waals surface area contributed by atoms with Crippen molar-refractivity contribution in [2.24, 2.45) is 5.73 Å². The van der Waals surface area contributed by atoms with Gasteiger partial charge in [-0.1, -0.05) is 17.3 Å². The van der Waals surface area contributed by atoms with Gasteiger partial charge < -0.3 is 15.0 Å². The molecule has 0 aliphatic heterocycles. The number of halogens is 2. The fourth-order valence-electron chi connectivity index (χ4n) is 2.33. The van der Waals surface area contributed by atoms with E-state index in [1.807, 2.05) is 6.07 Å². The van der Waals surface area contributed by atoms with E-state index < -0.39 is 23.1 Å². The Morgan fingerprint density at radius 2 is 2.11 bits per heavy atom. The van der Waals surface area contributed by atoms with Crippen LogP contribution in [-0.2, 0) is 11.4 Å². The number of benzene rings is 2. The number of rotatable bonds is 7. The number of hydrogen-bond donors (Lipinski definition) is 2. The van der Waals surface area contributed by atoms with Crippen LogP contribution < -0.4 is 16.0 Å². The molecule has 4 N–H and O–H groups in total. The number of nitrogens with two attached hydrogens (primary N) is 2. The molecule has 0 unspecified atom stereocenters. The summed E-state index contributed by atoms with van der Waals surface area (Å²) in [5.74, 6) is -3.48. The van der Waals surface area contributed by atoms with Crippen LogP contribution in [0.2, 0.25) is 0 Å². The standard InChI is InChI=1S/C17H14F2N4O4/c1-25-22-10-4-2-3-9(7-10)17-21-13(27-23-17)8-26-12-6-5-11(18)14(15(12)19)16(20)24/h2-7,22H,8H2,1H3,(H2,20,24)/p+1. The summed E-state index contributed by atoms with van der Waals surface area (Å²) in [5.41, 5.74) is 7.14. The van der Waals surface area contributed by atoms with E-state index in [1.54, 1.807) is 23.7 Å². The molecule has 0 fully saturated rings. The molecule has 10 heteroatoms. The van der Waals surface area contributed by atoms with Gasteiger partial charge in [-0.05, 0) is 12.1 Å². The zero-order chi connectivity index (χ0) is 19.4. The van der Waals surface area contributed by atoms with E-state index in [0.29, 0.717) is 11.4 Å². The maximum Gasteiger partial charge on any atom is 0.264 e. The minimum absolute atomic E-state index is 0.0653. The first kappa shape index (κ1) is 18.4. The van der Waals surface area contributed by atoms with E-state index >= 15 is 0 Å². The molecule has 0 bridgehead atoms. The highest BCUT2D eigenvalue weighted by Crippen LogP contribution is 2.24. The molecule has 0 aliphatic rings. The molecule has 0 aliphatic carbocycles. The molecule has 3 rings (SSSR count). The first-order valence-corrected chi connectivity index (χ1v) is 7.69. The fourth-order valence-corrected chi connectivity index (χ4v) is 2.33. The summed E-state index contributed by atoms with van der Waals surface area (Å²) in [6, 6.07) is 9.13. The van der Waals surface area contributed by atoms with Crippen molar-refractivity contribution in [1.29, 1.82) is 0 Å². The van der Waals surface area contributed by atoms with E-state index in [4.69, 9.17) is 19.8 Å². The molecule has 3 aromatic rings. The van der Waals surface area contributed by atoms with Crippen LogP contribution in [0.3, 0.4) is 0 Å². The first-order valence-electron chi connectivity index (χ1n) is 7.69. The van der Waals surface area contributed by atoms with Crippen LogP contribution in [0.5, 0.6) is 5.75 Å². The molecular formula is C17H15F2N4O4+. The van der Waals surface area contributed by atoms with Crippen LogP contribution >= 0.6 is 0 Å². The van der Waals surface area contributed by atoms with Crippen molar-refractivity contribution in [3.63, 3.8) is 0 Å². The molecule has 0 atom stereocenters. The average molecular weight is 377 g/mol. The second-order valence-electron chi connectivity index (χ2n) is 5.38. The van der Waals surface area contributed by atoms with Crippen molar-refractivity contribution >= 4 is 11.6 Å². The summed E-state index contributed by atoms with van der Waals surface area (Å²) in [6.07, 6.45) is 0. The zero-order valence-corrected chi connectivity index (χ0v) is 14.1. The second kappa shape index (κ2) is 7.89. The van der Waals surface area contributed by atoms with Crippen LogP contribution in [-0.4, -0.2) is 23.2 Å². The summed E-state index contributed by atoms with van der Waals surface area (Å²) in [5, 5.41) is 3.83. The van der Waals surface area contributed by atoms with Crippen molar-refractivity contribution in [3.05, 3.63) is 59.5 Å². The third kappa shape index (κ3) is 4.07. The Morgan fingerprint density at radius 1 is 1.30 bits per heavy atom. The van der Waals surface area contributed by atoms with E-state index in [0.717, 1.165) is 17.8 Å². The number of hydrogen-bond acceptors (Lipinski definition) is 6. The molecule has 8 nitrogen and oxygen atoms in total. The average Bonchev–Trinajstić information content (AvgIpc) is 3.10. The van der Waals surface area contributed by atoms with Gasteiger partial charge in [0, 0.05) is 17.7 Å². The molecule has 2 aromatic carbocycles. The van der Waals surface area contributed by atoms with E-state index in [2.05, 4.69) is 10.1 Å². The molecule has 140 valence electrons. The second-order valence-corrected chi connectivity index (χ2v) is 5.38. The maximum atomic E-state index is 14.1. The largest absolute Gasteiger partial charge is 0.481 e. The molecule has 1 aromatic heterocycles. The molecular weight excluding hydrogens is 362 g/mol. The predicted octanol–water partition coefficient (Wildman–Crippen LogP) is 1.45. The Labute approximate surface area is 151 Å². The van der Waals surface area contributed by atoms with Gasteiger partial charge in [-0.3, -0.25) is 4.79 Å². The van der Waals surface area contributed by atoms with Crippen LogP contribution in [0.15, 0.2) is 40.9 Å². The van der Waals surface area contributed by atoms with Gasteiger partial charge in [0.2, 0.25) is 5.82 Å². The first-order chi connectivity index (χ1) is 13.0. The number of carbonyl (C=O) groups is 1. The Bertz CT molecular complexity index is 977. The van der Waals surface area contributed by atoms with Crippen molar-refractivity contribution < 1.29 is 33.2 Å². The van der Waals surface area contributed by atoms with E-state index in [-0.39, 0.29) is 18.2 Å². The number of amides is 1. The van der Waals surface area contributed by atoms with Gasteiger partial charge >= 0.3 is 0 Å². The number of nitrogens with zero attached hydrogens (tertiary/aromatic N) is 2. The molecule has 27 heavy (non-hydrogen) atoms. The molecule has 0 radical (unpaired) electrons. The molecule has 0 saturated carbocycles. The minimum atomic E-state index is -1.23. The Kier molecular flexibility index (Phi) is 5.38. The van der Waals surface area contributed by atoms with Crippen LogP contribution in [0.4, 0.5) is 14.5 Å². The lowest BCUT2D eigenvalue weighted by atomic mass is 10.1. The van der Waals surface area contributed by atoms with Gasteiger partial charge in [-0.2, -0.15) is 10.5 Å². The molecule has 0 saturated heterocycles. The lowest BCUT2D eigenvalue weighted by molar-refractivity contribution is -0.830. The van der Waals surface area contributed by atoms with Crippen molar-refractivity contribution in [2.75, 3.05) is 7.11 Å². The summed E-state index contributed by atoms with van der Waals surface area (Å²) in [4.78, 5) is 20.2. The number of quaternary nitrogens is 1. The van der Waals surface area contributed by atoms with Crippen LogP contribution in [0, 0.1) is 11.6 Å². The topological polar surface area (TPSA) is 117 Å². The summed E-state index contributed by atoms with van der Waals surface area (Å²) >= 11 is 0. The summed E-state index contributed by atoms with van der Waals surface area (Å²) in [7, 11) is 1.54. The number of carbonyl (C=O) groups excluding carboxylic acids is 1. The lowest BCUT2D eigenvalue weighted by Gasteiger charge is -2.07. The third-order valence-electron chi connectivity index (χ3n) is 3.52. The van der Waals surface area contributed by atoms with Crippen molar-refractivity contribution in [1.82, 2.24) is 10.1 Å². The maximum absolute atomic E-state index is 14.1. The van der Waals surface area contributed by atoms with Gasteiger partial charge in [0.25, 0.3) is 11.8 Å². The van der Waals surface area contributed by atoms with E-state index in [1.165, 1.54) is 7.11 Å². The molecule has 0 spiro atoms. The van der Waals surface area contributed by atoms with Gasteiger partial charge in [0.05, 0.1) is 7.11 Å². The van der Waals surface area contributed by atoms with Crippen molar-refractivity contribution in [3.8, 4) is 17.1 Å². The Hall–Kier alpha value is -3.37. The van der Waals surface area contributed by atoms with E-state index in [9.17, 15) is 13.6 Å². The van der Waals surface area contributed by atoms with Gasteiger partial charge in [0.1, 0.15) is 11.4 Å². The fraction of sp³-hybridized carbons (Fsp3) is 0.118. The summed E-state index contributed by atoms with van der Waals surface area (Å²) in [6.45, 7) is -0.280. The quantitative estimate of drug-likeness (QED) is 0.475. The van der Waals surface area contributed by atoms with Crippen LogP contribution in [0.1, 0.15) is 16.2 Å². The molecule has 1 amide bonds. The van der Waals surface area contributed by atoms with Gasteiger partial charge in [-0.25, -0.2) is 13.6 Å². The number of ether oxygens (including phenoxy) is 1. The SMILES string of the molecule is CO[NH2+]c1cccc(-c2noc(COc3ccc(F)c(C(N)=O)c3F)n2)c1. The Morgan fingerprint density at radius 3 is 2.85 bits per heavy atom. The van der Waals surface area contributed by atoms with Crippen LogP contribution in [0.25, 0.3) is 11.4 Å². The highest BCUT2D eigenvalue weighted by Gasteiger charge is 2.20. The lowest BCUT2D eigenvalue weighted by Crippen LogP contribution is -2.75.